The molecule has 0 aromatic heterocycles. The van der Waals surface area contributed by atoms with E-state index in [9.17, 15) is 9.59 Å². The molecule has 0 saturated heterocycles. The van der Waals surface area contributed by atoms with E-state index in [1.165, 1.54) is 31.3 Å². The van der Waals surface area contributed by atoms with E-state index in [-0.39, 0.29) is 10.8 Å². The zero-order chi connectivity index (χ0) is 16.4. The Morgan fingerprint density at radius 2 is 1.83 bits per heavy atom. The van der Waals surface area contributed by atoms with Gasteiger partial charge in [0.1, 0.15) is 5.78 Å². The van der Waals surface area contributed by atoms with E-state index in [1.54, 1.807) is 6.92 Å². The van der Waals surface area contributed by atoms with Crippen LogP contribution in [0.2, 0.25) is 0 Å². The number of rotatable bonds is 1. The normalized spacial score (nSPS) is 49.0. The first-order valence-electron chi connectivity index (χ1n) is 9.60. The molecule has 126 valence electrons. The summed E-state index contributed by atoms with van der Waals surface area (Å²) in [6.45, 7) is 6.65. The highest BCUT2D eigenvalue weighted by Gasteiger charge is 2.59. The molecule has 23 heavy (non-hydrogen) atoms. The zero-order valence-corrected chi connectivity index (χ0v) is 14.9. The van der Waals surface area contributed by atoms with Crippen molar-refractivity contribution in [3.8, 4) is 0 Å². The number of carbonyl (C=O) groups is 2. The van der Waals surface area contributed by atoms with Gasteiger partial charge in [-0.15, -0.1) is 0 Å². The standard InChI is InChI=1S/C21H30O2/c1-13(22)17-6-7-18-16-5-4-14-12-15(23)8-10-20(14,2)19(16)9-11-21(17,18)3/h12,16-19H,4-11H2,1-3H3/t16-,17+,18+,19-,20-,21+/m0/s1. The van der Waals surface area contributed by atoms with Crippen LogP contribution in [0, 0.1) is 34.5 Å². The molecule has 0 spiro atoms. The first-order valence-corrected chi connectivity index (χ1v) is 9.60. The van der Waals surface area contributed by atoms with Crippen LogP contribution in [0.1, 0.15) is 72.1 Å². The fraction of sp³-hybridized carbons (Fsp3) is 0.810. The Balaban J connectivity index is 1.67. The van der Waals surface area contributed by atoms with E-state index in [2.05, 4.69) is 13.8 Å². The minimum absolute atomic E-state index is 0.245. The van der Waals surface area contributed by atoms with E-state index in [0.29, 0.717) is 17.5 Å². The highest BCUT2D eigenvalue weighted by atomic mass is 16.1. The van der Waals surface area contributed by atoms with Crippen molar-refractivity contribution in [2.24, 2.45) is 34.5 Å². The topological polar surface area (TPSA) is 34.1 Å². The first-order chi connectivity index (χ1) is 10.9. The van der Waals surface area contributed by atoms with Crippen molar-refractivity contribution in [2.45, 2.75) is 72.1 Å². The molecule has 2 nitrogen and oxygen atoms in total. The summed E-state index contributed by atoms with van der Waals surface area (Å²) in [6.07, 6.45) is 10.9. The quantitative estimate of drug-likeness (QED) is 0.701. The van der Waals surface area contributed by atoms with Crippen LogP contribution in [0.5, 0.6) is 0 Å². The molecular formula is C21H30O2. The number of ketones is 2. The van der Waals surface area contributed by atoms with Gasteiger partial charge in [0.15, 0.2) is 5.78 Å². The van der Waals surface area contributed by atoms with Crippen LogP contribution in [0.15, 0.2) is 11.6 Å². The van der Waals surface area contributed by atoms with E-state index in [0.717, 1.165) is 43.4 Å². The predicted octanol–water partition coefficient (Wildman–Crippen LogP) is 4.72. The molecule has 0 aromatic carbocycles. The molecule has 6 atom stereocenters. The SMILES string of the molecule is CC(=O)[C@H]1CC[C@@H]2[C@@H]3CCC4=CC(=O)CC[C@]4(C)[C@H]3CC[C@]12C. The fourth-order valence-electron chi connectivity index (χ4n) is 7.23. The maximum Gasteiger partial charge on any atom is 0.155 e. The van der Waals surface area contributed by atoms with Crippen molar-refractivity contribution < 1.29 is 9.59 Å². The average Bonchev–Trinajstić information content (AvgIpc) is 2.85. The van der Waals surface area contributed by atoms with Crippen molar-refractivity contribution in [1.29, 1.82) is 0 Å². The third-order valence-electron chi connectivity index (χ3n) is 8.45. The van der Waals surface area contributed by atoms with Crippen LogP contribution >= 0.6 is 0 Å². The zero-order valence-electron chi connectivity index (χ0n) is 14.9. The number of fused-ring (bicyclic) bond motifs is 5. The van der Waals surface area contributed by atoms with Gasteiger partial charge in [-0.05, 0) is 86.5 Å². The van der Waals surface area contributed by atoms with Crippen LogP contribution in [0.3, 0.4) is 0 Å². The molecule has 0 N–H and O–H groups in total. The number of Topliss-reactive ketones (excluding diaryl/α,β-unsaturated/α-hetero) is 1. The van der Waals surface area contributed by atoms with Gasteiger partial charge in [-0.1, -0.05) is 19.4 Å². The molecular weight excluding hydrogens is 284 g/mol. The fourth-order valence-corrected chi connectivity index (χ4v) is 7.23. The van der Waals surface area contributed by atoms with Crippen LogP contribution in [0.4, 0.5) is 0 Å². The molecule has 0 unspecified atom stereocenters. The molecule has 0 bridgehead atoms. The summed E-state index contributed by atoms with van der Waals surface area (Å²) in [5, 5.41) is 0. The van der Waals surface area contributed by atoms with E-state index < -0.39 is 0 Å². The van der Waals surface area contributed by atoms with Crippen LogP contribution in [-0.2, 0) is 9.59 Å². The van der Waals surface area contributed by atoms with Crippen LogP contribution < -0.4 is 0 Å². The van der Waals surface area contributed by atoms with Gasteiger partial charge in [0.25, 0.3) is 0 Å². The Morgan fingerprint density at radius 3 is 2.57 bits per heavy atom. The van der Waals surface area contributed by atoms with Gasteiger partial charge in [0, 0.05) is 12.3 Å². The summed E-state index contributed by atoms with van der Waals surface area (Å²) < 4.78 is 0. The molecule has 3 saturated carbocycles. The number of carbonyl (C=O) groups excluding carboxylic acids is 2. The lowest BCUT2D eigenvalue weighted by atomic mass is 9.47. The molecule has 0 heterocycles. The Morgan fingerprint density at radius 1 is 1.04 bits per heavy atom. The van der Waals surface area contributed by atoms with Crippen molar-refractivity contribution in [1.82, 2.24) is 0 Å². The van der Waals surface area contributed by atoms with E-state index >= 15 is 0 Å². The lowest BCUT2D eigenvalue weighted by molar-refractivity contribution is -0.128. The molecule has 4 aliphatic rings. The predicted molar refractivity (Wildman–Crippen MR) is 90.9 cm³/mol. The van der Waals surface area contributed by atoms with Gasteiger partial charge in [-0.3, -0.25) is 9.59 Å². The summed E-state index contributed by atoms with van der Waals surface area (Å²) >= 11 is 0. The number of hydrogen-bond acceptors (Lipinski definition) is 2. The van der Waals surface area contributed by atoms with Gasteiger partial charge >= 0.3 is 0 Å². The van der Waals surface area contributed by atoms with E-state index in [4.69, 9.17) is 0 Å². The first kappa shape index (κ1) is 15.6. The second kappa shape index (κ2) is 5.04. The molecule has 0 radical (unpaired) electrons. The highest BCUT2D eigenvalue weighted by Crippen LogP contribution is 2.66. The molecule has 4 aliphatic carbocycles. The van der Waals surface area contributed by atoms with Gasteiger partial charge < -0.3 is 0 Å². The van der Waals surface area contributed by atoms with Crippen LogP contribution in [0.25, 0.3) is 0 Å². The Hall–Kier alpha value is -0.920. The maximum absolute atomic E-state index is 12.1. The monoisotopic (exact) mass is 314 g/mol. The molecule has 0 amide bonds. The van der Waals surface area contributed by atoms with Gasteiger partial charge in [0.05, 0.1) is 0 Å². The lowest BCUT2D eigenvalue weighted by Gasteiger charge is -2.58. The third kappa shape index (κ3) is 2.06. The summed E-state index contributed by atoms with van der Waals surface area (Å²) in [5.41, 5.74) is 1.95. The van der Waals surface area contributed by atoms with Crippen molar-refractivity contribution in [3.05, 3.63) is 11.6 Å². The lowest BCUT2D eigenvalue weighted by Crippen LogP contribution is -2.51. The molecule has 3 fully saturated rings. The van der Waals surface area contributed by atoms with E-state index in [1.807, 2.05) is 6.08 Å². The minimum atomic E-state index is 0.245. The Bertz CT molecular complexity index is 589. The molecule has 0 aromatic rings. The summed E-state index contributed by atoms with van der Waals surface area (Å²) in [4.78, 5) is 24.0. The average molecular weight is 314 g/mol. The summed E-state index contributed by atoms with van der Waals surface area (Å²) in [7, 11) is 0. The number of hydrogen-bond donors (Lipinski definition) is 0. The minimum Gasteiger partial charge on any atom is -0.300 e. The van der Waals surface area contributed by atoms with Crippen LogP contribution in [-0.4, -0.2) is 11.6 Å². The summed E-state index contributed by atoms with van der Waals surface area (Å²) in [6, 6.07) is 0. The Labute approximate surface area is 140 Å². The van der Waals surface area contributed by atoms with Crippen molar-refractivity contribution >= 4 is 11.6 Å². The Kier molecular flexibility index (Phi) is 3.42. The second-order valence-corrected chi connectivity index (χ2v) is 9.25. The largest absolute Gasteiger partial charge is 0.300 e. The maximum atomic E-state index is 12.1. The van der Waals surface area contributed by atoms with Gasteiger partial charge in [0.2, 0.25) is 0 Å². The molecule has 4 rings (SSSR count). The number of allylic oxidation sites excluding steroid dienone is 1. The highest BCUT2D eigenvalue weighted by molar-refractivity contribution is 5.91. The molecule has 0 aliphatic heterocycles. The second-order valence-electron chi connectivity index (χ2n) is 9.25. The van der Waals surface area contributed by atoms with Crippen molar-refractivity contribution in [3.63, 3.8) is 0 Å². The summed E-state index contributed by atoms with van der Waals surface area (Å²) in [5.74, 6) is 3.29. The van der Waals surface area contributed by atoms with Crippen molar-refractivity contribution in [2.75, 3.05) is 0 Å². The smallest absolute Gasteiger partial charge is 0.155 e. The van der Waals surface area contributed by atoms with Gasteiger partial charge in [-0.2, -0.15) is 0 Å². The molecule has 2 heteroatoms. The third-order valence-corrected chi connectivity index (χ3v) is 8.45. The van der Waals surface area contributed by atoms with Gasteiger partial charge in [-0.25, -0.2) is 0 Å².